The molecule has 0 saturated heterocycles. The predicted octanol–water partition coefficient (Wildman–Crippen LogP) is 4.23. The Morgan fingerprint density at radius 3 is 2.71 bits per heavy atom. The van der Waals surface area contributed by atoms with Crippen LogP contribution in [0.2, 0.25) is 0 Å². The van der Waals surface area contributed by atoms with E-state index in [0.717, 1.165) is 25.6 Å². The molecule has 4 unspecified atom stereocenters. The number of likely N-dealkylation sites (N-methyl/N-ethyl adjacent to an activating group) is 1. The second-order valence-corrected chi connectivity index (χ2v) is 7.83. The van der Waals surface area contributed by atoms with Gasteiger partial charge in [-0.3, -0.25) is 0 Å². The Labute approximate surface area is 146 Å². The molecule has 1 aromatic carbocycles. The molecular formula is C22H28N2. The lowest BCUT2D eigenvalue weighted by Crippen LogP contribution is -2.39. The summed E-state index contributed by atoms with van der Waals surface area (Å²) < 4.78 is 0. The fourth-order valence-corrected chi connectivity index (χ4v) is 4.36. The van der Waals surface area contributed by atoms with Crippen LogP contribution < -0.4 is 4.90 Å². The van der Waals surface area contributed by atoms with Gasteiger partial charge in [0.25, 0.3) is 0 Å². The maximum Gasteiger partial charge on any atom is 0.0580 e. The second kappa shape index (κ2) is 6.25. The van der Waals surface area contributed by atoms with Crippen molar-refractivity contribution < 1.29 is 0 Å². The lowest BCUT2D eigenvalue weighted by atomic mass is 9.91. The van der Waals surface area contributed by atoms with Crippen LogP contribution in [0, 0.1) is 11.8 Å². The topological polar surface area (TPSA) is 6.48 Å². The molecule has 0 fully saturated rings. The van der Waals surface area contributed by atoms with Gasteiger partial charge in [-0.15, -0.1) is 0 Å². The number of anilines is 1. The summed E-state index contributed by atoms with van der Waals surface area (Å²) in [4.78, 5) is 5.10. The van der Waals surface area contributed by atoms with Gasteiger partial charge in [-0.2, -0.15) is 0 Å². The summed E-state index contributed by atoms with van der Waals surface area (Å²) in [6, 6.07) is 9.43. The van der Waals surface area contributed by atoms with E-state index in [1.165, 1.54) is 11.3 Å². The molecule has 0 N–H and O–H groups in total. The molecule has 4 atom stereocenters. The van der Waals surface area contributed by atoms with E-state index >= 15 is 0 Å². The molecule has 0 amide bonds. The number of allylic oxidation sites excluding steroid dienone is 3. The third kappa shape index (κ3) is 2.95. The van der Waals surface area contributed by atoms with Gasteiger partial charge in [-0.05, 0) is 30.5 Å². The molecule has 2 heteroatoms. The molecule has 0 aromatic heterocycles. The average Bonchev–Trinajstić information content (AvgIpc) is 3.17. The van der Waals surface area contributed by atoms with Gasteiger partial charge >= 0.3 is 0 Å². The molecular weight excluding hydrogens is 292 g/mol. The van der Waals surface area contributed by atoms with E-state index in [1.54, 1.807) is 5.57 Å². The van der Waals surface area contributed by atoms with Crippen molar-refractivity contribution in [3.63, 3.8) is 0 Å². The van der Waals surface area contributed by atoms with Gasteiger partial charge in [0.2, 0.25) is 0 Å². The Morgan fingerprint density at radius 1 is 1.17 bits per heavy atom. The van der Waals surface area contributed by atoms with Gasteiger partial charge < -0.3 is 9.80 Å². The third-order valence-corrected chi connectivity index (χ3v) is 5.60. The Balaban J connectivity index is 1.44. The SMILES string of the molecule is CC(CN(C)CC1=CC1C)CN1c2ccccc2C2C=CC=CC21. The largest absolute Gasteiger partial charge is 0.364 e. The van der Waals surface area contributed by atoms with E-state index in [2.05, 4.69) is 85.3 Å². The molecule has 24 heavy (non-hydrogen) atoms. The van der Waals surface area contributed by atoms with Crippen LogP contribution >= 0.6 is 0 Å². The molecule has 1 aliphatic heterocycles. The zero-order valence-electron chi connectivity index (χ0n) is 15.0. The van der Waals surface area contributed by atoms with E-state index in [9.17, 15) is 0 Å². The van der Waals surface area contributed by atoms with Crippen LogP contribution in [0.4, 0.5) is 5.69 Å². The van der Waals surface area contributed by atoms with E-state index < -0.39 is 0 Å². The summed E-state index contributed by atoms with van der Waals surface area (Å²) >= 11 is 0. The normalized spacial score (nSPS) is 27.9. The van der Waals surface area contributed by atoms with Crippen molar-refractivity contribution in [3.05, 3.63) is 65.8 Å². The Morgan fingerprint density at radius 2 is 1.92 bits per heavy atom. The van der Waals surface area contributed by atoms with E-state index in [1.807, 2.05) is 0 Å². The summed E-state index contributed by atoms with van der Waals surface area (Å²) in [5, 5.41) is 0. The molecule has 2 aliphatic carbocycles. The fourth-order valence-electron chi connectivity index (χ4n) is 4.36. The summed E-state index contributed by atoms with van der Waals surface area (Å²) in [7, 11) is 2.26. The number of hydrogen-bond donors (Lipinski definition) is 0. The highest BCUT2D eigenvalue weighted by Crippen LogP contribution is 2.43. The molecule has 4 rings (SSSR count). The molecule has 2 nitrogen and oxygen atoms in total. The number of nitrogens with zero attached hydrogens (tertiary/aromatic N) is 2. The van der Waals surface area contributed by atoms with Crippen LogP contribution in [0.25, 0.3) is 0 Å². The first-order valence-electron chi connectivity index (χ1n) is 9.23. The van der Waals surface area contributed by atoms with Gasteiger partial charge in [0, 0.05) is 31.2 Å². The van der Waals surface area contributed by atoms with Gasteiger partial charge in [-0.25, -0.2) is 0 Å². The number of para-hydroxylation sites is 1. The van der Waals surface area contributed by atoms with Gasteiger partial charge in [-0.1, -0.05) is 68.0 Å². The molecule has 0 bridgehead atoms. The molecule has 1 aromatic rings. The van der Waals surface area contributed by atoms with Crippen molar-refractivity contribution >= 4 is 5.69 Å². The number of hydrogen-bond acceptors (Lipinski definition) is 2. The summed E-state index contributed by atoms with van der Waals surface area (Å²) in [5.41, 5.74) is 4.52. The molecule has 0 saturated carbocycles. The van der Waals surface area contributed by atoms with Gasteiger partial charge in [0.1, 0.15) is 0 Å². The number of rotatable bonds is 6. The lowest BCUT2D eigenvalue weighted by molar-refractivity contribution is 0.306. The van der Waals surface area contributed by atoms with Crippen molar-refractivity contribution in [1.29, 1.82) is 0 Å². The highest BCUT2D eigenvalue weighted by atomic mass is 15.2. The fraction of sp³-hybridized carbons (Fsp3) is 0.455. The first-order valence-corrected chi connectivity index (χ1v) is 9.23. The van der Waals surface area contributed by atoms with Crippen molar-refractivity contribution in [3.8, 4) is 0 Å². The Bertz CT molecular complexity index is 700. The first-order chi connectivity index (χ1) is 11.6. The monoisotopic (exact) mass is 320 g/mol. The van der Waals surface area contributed by atoms with Gasteiger partial charge in [0.15, 0.2) is 0 Å². The average molecular weight is 320 g/mol. The third-order valence-electron chi connectivity index (χ3n) is 5.60. The van der Waals surface area contributed by atoms with Crippen molar-refractivity contribution in [2.45, 2.75) is 25.8 Å². The maximum absolute atomic E-state index is 2.62. The molecule has 126 valence electrons. The summed E-state index contributed by atoms with van der Waals surface area (Å²) in [6.07, 6.45) is 11.5. The zero-order valence-corrected chi connectivity index (χ0v) is 15.0. The Hall–Kier alpha value is -1.80. The standard InChI is InChI=1S/C22H28N2/c1-16(13-23(3)15-18-12-17(18)2)14-24-21-10-6-4-8-19(21)20-9-5-7-11-22(20)24/h4-12,16-17,19,21H,13-15H2,1-3H3. The zero-order chi connectivity index (χ0) is 16.7. The van der Waals surface area contributed by atoms with E-state index in [0.29, 0.717) is 17.9 Å². The van der Waals surface area contributed by atoms with Crippen molar-refractivity contribution in [1.82, 2.24) is 4.90 Å². The highest BCUT2D eigenvalue weighted by Gasteiger charge is 2.36. The van der Waals surface area contributed by atoms with Crippen LogP contribution in [0.1, 0.15) is 25.3 Å². The molecule has 1 heterocycles. The maximum atomic E-state index is 2.62. The first kappa shape index (κ1) is 15.7. The number of fused-ring (bicyclic) bond motifs is 3. The second-order valence-electron chi connectivity index (χ2n) is 7.83. The van der Waals surface area contributed by atoms with Gasteiger partial charge in [0.05, 0.1) is 6.04 Å². The molecule has 0 spiro atoms. The van der Waals surface area contributed by atoms with Crippen LogP contribution in [0.5, 0.6) is 0 Å². The molecule has 3 aliphatic rings. The summed E-state index contributed by atoms with van der Waals surface area (Å²) in [6.45, 7) is 8.09. The summed E-state index contributed by atoms with van der Waals surface area (Å²) in [5.74, 6) is 1.91. The van der Waals surface area contributed by atoms with Crippen molar-refractivity contribution in [2.24, 2.45) is 11.8 Å². The highest BCUT2D eigenvalue weighted by molar-refractivity contribution is 5.65. The minimum atomic E-state index is 0.492. The quantitative estimate of drug-likeness (QED) is 0.724. The van der Waals surface area contributed by atoms with E-state index in [-0.39, 0.29) is 0 Å². The van der Waals surface area contributed by atoms with Crippen molar-refractivity contribution in [2.75, 3.05) is 31.6 Å². The number of benzene rings is 1. The minimum absolute atomic E-state index is 0.492. The minimum Gasteiger partial charge on any atom is -0.364 e. The van der Waals surface area contributed by atoms with Crippen LogP contribution in [-0.4, -0.2) is 37.6 Å². The Kier molecular flexibility index (Phi) is 4.09. The predicted molar refractivity (Wildman–Crippen MR) is 103 cm³/mol. The smallest absolute Gasteiger partial charge is 0.0580 e. The lowest BCUT2D eigenvalue weighted by Gasteiger charge is -2.32. The van der Waals surface area contributed by atoms with Crippen LogP contribution in [0.15, 0.2) is 60.2 Å². The van der Waals surface area contributed by atoms with Crippen LogP contribution in [-0.2, 0) is 0 Å². The van der Waals surface area contributed by atoms with E-state index in [4.69, 9.17) is 0 Å². The molecule has 0 radical (unpaired) electrons. The van der Waals surface area contributed by atoms with Crippen LogP contribution in [0.3, 0.4) is 0 Å².